The molecule has 0 aliphatic carbocycles. The number of nitrogens with zero attached hydrogens (tertiary/aromatic N) is 3. The van der Waals surface area contributed by atoms with E-state index in [2.05, 4.69) is 36.8 Å². The lowest BCUT2D eigenvalue weighted by Crippen LogP contribution is -2.47. The number of rotatable bonds is 4. The van der Waals surface area contributed by atoms with Crippen molar-refractivity contribution in [1.29, 1.82) is 0 Å². The van der Waals surface area contributed by atoms with E-state index in [1.165, 1.54) is 0 Å². The third-order valence-corrected chi connectivity index (χ3v) is 2.57. The maximum absolute atomic E-state index is 11.5. The number of aromatic nitrogens is 4. The van der Waals surface area contributed by atoms with Crippen molar-refractivity contribution in [2.75, 3.05) is 0 Å². The molecule has 0 spiro atoms. The number of benzene rings is 1. The van der Waals surface area contributed by atoms with Crippen LogP contribution in [-0.4, -0.2) is 31.6 Å². The Morgan fingerprint density at radius 2 is 2.05 bits per heavy atom. The van der Waals surface area contributed by atoms with Crippen LogP contribution in [0.3, 0.4) is 0 Å². The maximum Gasteiger partial charge on any atom is 0.246 e. The maximum atomic E-state index is 11.5. The van der Waals surface area contributed by atoms with E-state index < -0.39 is 0 Å². The summed E-state index contributed by atoms with van der Waals surface area (Å²) in [7, 11) is 0. The number of hydrogen-bond donors (Lipinski definition) is 4. The molecule has 2 aromatic rings. The number of hydrazine groups is 1. The fourth-order valence-corrected chi connectivity index (χ4v) is 1.52. The number of tetrazole rings is 1. The SMILES string of the molecule is O=C(Cc1nn[nH]n1)NNC(=S)NCc1ccccc1. The number of thiocarbonyl (C=S) groups is 1. The lowest BCUT2D eigenvalue weighted by atomic mass is 10.2. The molecule has 1 amide bonds. The van der Waals surface area contributed by atoms with E-state index in [0.29, 0.717) is 17.5 Å². The van der Waals surface area contributed by atoms with E-state index in [9.17, 15) is 4.79 Å². The lowest BCUT2D eigenvalue weighted by Gasteiger charge is -2.10. The van der Waals surface area contributed by atoms with Crippen molar-refractivity contribution in [2.45, 2.75) is 13.0 Å². The topological polar surface area (TPSA) is 108 Å². The minimum absolute atomic E-state index is 0.0186. The van der Waals surface area contributed by atoms with Crippen LogP contribution in [0.2, 0.25) is 0 Å². The predicted molar refractivity (Wildman–Crippen MR) is 75.0 cm³/mol. The summed E-state index contributed by atoms with van der Waals surface area (Å²) in [6.45, 7) is 0.577. The average Bonchev–Trinajstić information content (AvgIpc) is 2.97. The second-order valence-electron chi connectivity index (χ2n) is 3.85. The number of hydrogen-bond acceptors (Lipinski definition) is 5. The summed E-state index contributed by atoms with van der Waals surface area (Å²) < 4.78 is 0. The van der Waals surface area contributed by atoms with Gasteiger partial charge in [-0.25, -0.2) is 0 Å². The van der Waals surface area contributed by atoms with Gasteiger partial charge in [-0.2, -0.15) is 5.21 Å². The Bertz CT molecular complexity index is 557. The Morgan fingerprint density at radius 1 is 1.25 bits per heavy atom. The van der Waals surface area contributed by atoms with E-state index in [1.807, 2.05) is 30.3 Å². The normalized spacial score (nSPS) is 9.80. The summed E-state index contributed by atoms with van der Waals surface area (Å²) >= 11 is 5.03. The molecule has 1 heterocycles. The third kappa shape index (κ3) is 4.61. The van der Waals surface area contributed by atoms with E-state index in [1.54, 1.807) is 0 Å². The minimum Gasteiger partial charge on any atom is -0.357 e. The highest BCUT2D eigenvalue weighted by Crippen LogP contribution is 1.96. The molecule has 1 aromatic carbocycles. The van der Waals surface area contributed by atoms with E-state index in [4.69, 9.17) is 12.2 Å². The summed E-state index contributed by atoms with van der Waals surface area (Å²) in [6, 6.07) is 9.79. The van der Waals surface area contributed by atoms with Crippen LogP contribution in [0.4, 0.5) is 0 Å². The molecule has 20 heavy (non-hydrogen) atoms. The smallest absolute Gasteiger partial charge is 0.246 e. The van der Waals surface area contributed by atoms with Gasteiger partial charge in [-0.3, -0.25) is 15.6 Å². The number of aromatic amines is 1. The Hall–Kier alpha value is -2.55. The van der Waals surface area contributed by atoms with Crippen LogP contribution in [0.5, 0.6) is 0 Å². The number of nitrogens with one attached hydrogen (secondary N) is 4. The van der Waals surface area contributed by atoms with Crippen molar-refractivity contribution in [3.8, 4) is 0 Å². The van der Waals surface area contributed by atoms with Crippen LogP contribution >= 0.6 is 12.2 Å². The minimum atomic E-state index is -0.310. The summed E-state index contributed by atoms with van der Waals surface area (Å²) in [4.78, 5) is 11.5. The molecule has 1 aromatic heterocycles. The van der Waals surface area contributed by atoms with Gasteiger partial charge in [0.05, 0.1) is 6.42 Å². The molecular weight excluding hydrogens is 278 g/mol. The molecule has 0 saturated heterocycles. The van der Waals surface area contributed by atoms with Gasteiger partial charge in [-0.05, 0) is 17.8 Å². The largest absolute Gasteiger partial charge is 0.357 e. The van der Waals surface area contributed by atoms with Crippen molar-refractivity contribution in [3.63, 3.8) is 0 Å². The molecule has 104 valence electrons. The first-order chi connectivity index (χ1) is 9.74. The Balaban J connectivity index is 1.66. The second kappa shape index (κ2) is 7.14. The van der Waals surface area contributed by atoms with Crippen LogP contribution in [0.25, 0.3) is 0 Å². The highest BCUT2D eigenvalue weighted by molar-refractivity contribution is 7.80. The van der Waals surface area contributed by atoms with Gasteiger partial charge in [-0.1, -0.05) is 35.5 Å². The van der Waals surface area contributed by atoms with Crippen LogP contribution < -0.4 is 16.2 Å². The van der Waals surface area contributed by atoms with Crippen molar-refractivity contribution < 1.29 is 4.79 Å². The lowest BCUT2D eigenvalue weighted by molar-refractivity contribution is -0.121. The molecule has 0 radical (unpaired) electrons. The summed E-state index contributed by atoms with van der Waals surface area (Å²) in [5, 5.41) is 16.3. The van der Waals surface area contributed by atoms with Crippen LogP contribution in [0.15, 0.2) is 30.3 Å². The summed E-state index contributed by atoms with van der Waals surface area (Å²) in [5.74, 6) is 0.00252. The summed E-state index contributed by atoms with van der Waals surface area (Å²) in [6.07, 6.45) is 0.0186. The number of amides is 1. The molecule has 0 atom stereocenters. The Morgan fingerprint density at radius 3 is 2.75 bits per heavy atom. The predicted octanol–water partition coefficient (Wildman–Crippen LogP) is -0.562. The van der Waals surface area contributed by atoms with Gasteiger partial charge < -0.3 is 5.32 Å². The highest BCUT2D eigenvalue weighted by atomic mass is 32.1. The first-order valence-corrected chi connectivity index (χ1v) is 6.24. The van der Waals surface area contributed by atoms with Gasteiger partial charge in [0.1, 0.15) is 0 Å². The zero-order valence-electron chi connectivity index (χ0n) is 10.5. The first-order valence-electron chi connectivity index (χ1n) is 5.83. The van der Waals surface area contributed by atoms with Gasteiger partial charge in [0.2, 0.25) is 5.91 Å². The van der Waals surface area contributed by atoms with Gasteiger partial charge in [0.15, 0.2) is 10.9 Å². The number of carbonyl (C=O) groups is 1. The van der Waals surface area contributed by atoms with Gasteiger partial charge >= 0.3 is 0 Å². The molecule has 0 bridgehead atoms. The van der Waals surface area contributed by atoms with Crippen LogP contribution in [-0.2, 0) is 17.8 Å². The van der Waals surface area contributed by atoms with Gasteiger partial charge in [-0.15, -0.1) is 10.2 Å². The monoisotopic (exact) mass is 291 g/mol. The van der Waals surface area contributed by atoms with Crippen LogP contribution in [0, 0.1) is 0 Å². The average molecular weight is 291 g/mol. The fourth-order valence-electron chi connectivity index (χ4n) is 1.39. The zero-order valence-corrected chi connectivity index (χ0v) is 11.3. The van der Waals surface area contributed by atoms with Crippen molar-refractivity contribution >= 4 is 23.2 Å². The molecular formula is C11H13N7OS. The summed E-state index contributed by atoms with van der Waals surface area (Å²) in [5.41, 5.74) is 6.13. The quantitative estimate of drug-likeness (QED) is 0.442. The van der Waals surface area contributed by atoms with Crippen molar-refractivity contribution in [1.82, 2.24) is 36.8 Å². The highest BCUT2D eigenvalue weighted by Gasteiger charge is 2.07. The van der Waals surface area contributed by atoms with Crippen molar-refractivity contribution in [3.05, 3.63) is 41.7 Å². The molecule has 0 aliphatic rings. The van der Waals surface area contributed by atoms with Crippen LogP contribution in [0.1, 0.15) is 11.4 Å². The van der Waals surface area contributed by atoms with E-state index in [-0.39, 0.29) is 12.3 Å². The van der Waals surface area contributed by atoms with Crippen molar-refractivity contribution in [2.24, 2.45) is 0 Å². The zero-order chi connectivity index (χ0) is 14.2. The first kappa shape index (κ1) is 13.9. The molecule has 4 N–H and O–H groups in total. The molecule has 0 aliphatic heterocycles. The molecule has 0 fully saturated rings. The molecule has 2 rings (SSSR count). The molecule has 9 heteroatoms. The number of H-pyrrole nitrogens is 1. The standard InChI is InChI=1S/C11H13N7OS/c19-10(6-9-13-17-18-14-9)15-16-11(20)12-7-8-4-2-1-3-5-8/h1-5H,6-7H2,(H,15,19)(H2,12,16,20)(H,13,14,17,18). The molecule has 0 unspecified atom stereocenters. The third-order valence-electron chi connectivity index (χ3n) is 2.32. The Labute approximate surface area is 120 Å². The van der Waals surface area contributed by atoms with Gasteiger partial charge in [0.25, 0.3) is 0 Å². The molecule has 0 saturated carbocycles. The van der Waals surface area contributed by atoms with E-state index >= 15 is 0 Å². The number of carbonyl (C=O) groups excluding carboxylic acids is 1. The fraction of sp³-hybridized carbons (Fsp3) is 0.182. The second-order valence-corrected chi connectivity index (χ2v) is 4.25. The van der Waals surface area contributed by atoms with Gasteiger partial charge in [0, 0.05) is 6.54 Å². The van der Waals surface area contributed by atoms with E-state index in [0.717, 1.165) is 5.56 Å². The Kier molecular flexibility index (Phi) is 4.95. The molecule has 8 nitrogen and oxygen atoms in total.